The number of likely N-dealkylation sites (tertiary alicyclic amines) is 1. The molecule has 0 saturated carbocycles. The Kier molecular flexibility index (Phi) is 10.4. The maximum Gasteiger partial charge on any atom is 0.321 e. The van der Waals surface area contributed by atoms with E-state index in [1.807, 2.05) is 53.4 Å². The minimum atomic E-state index is -0.0244. The van der Waals surface area contributed by atoms with Gasteiger partial charge in [-0.3, -0.25) is 4.99 Å². The topological polar surface area (TPSA) is 78.0 Å². The van der Waals surface area contributed by atoms with E-state index >= 15 is 0 Å². The number of aliphatic imine (C=N–C) groups is 1. The highest BCUT2D eigenvalue weighted by atomic mass is 127. The van der Waals surface area contributed by atoms with E-state index in [1.165, 1.54) is 5.56 Å². The predicted molar refractivity (Wildman–Crippen MR) is 137 cm³/mol. The third-order valence-corrected chi connectivity index (χ3v) is 4.94. The molecule has 0 unspecified atom stereocenters. The smallest absolute Gasteiger partial charge is 0.321 e. The number of rotatable bonds is 7. The van der Waals surface area contributed by atoms with Crippen molar-refractivity contribution in [1.82, 2.24) is 15.5 Å². The lowest BCUT2D eigenvalue weighted by Crippen LogP contribution is -2.38. The molecule has 168 valence electrons. The SMILES string of the molecule is CN=C(NCCOc1ccc(C)cc1)NCc1cccc(NC(=O)N2CCCC2)c1.I. The van der Waals surface area contributed by atoms with Crippen molar-refractivity contribution in [3.05, 3.63) is 59.7 Å². The molecule has 0 aromatic heterocycles. The summed E-state index contributed by atoms with van der Waals surface area (Å²) in [6.45, 7) is 5.51. The number of carbonyl (C=O) groups is 1. The maximum absolute atomic E-state index is 12.3. The Morgan fingerprint density at radius 3 is 2.55 bits per heavy atom. The van der Waals surface area contributed by atoms with Crippen LogP contribution in [0.25, 0.3) is 0 Å². The molecule has 0 radical (unpaired) electrons. The molecule has 1 saturated heterocycles. The Morgan fingerprint density at radius 1 is 1.10 bits per heavy atom. The fourth-order valence-corrected chi connectivity index (χ4v) is 3.26. The highest BCUT2D eigenvalue weighted by Crippen LogP contribution is 2.14. The Balaban J connectivity index is 0.00000341. The molecule has 7 nitrogen and oxygen atoms in total. The molecule has 0 atom stereocenters. The number of carbonyl (C=O) groups excluding carboxylic acids is 1. The number of hydrogen-bond acceptors (Lipinski definition) is 3. The summed E-state index contributed by atoms with van der Waals surface area (Å²) in [4.78, 5) is 18.4. The van der Waals surface area contributed by atoms with E-state index < -0.39 is 0 Å². The minimum absolute atomic E-state index is 0. The molecule has 2 aromatic carbocycles. The van der Waals surface area contributed by atoms with Crippen LogP contribution in [0.1, 0.15) is 24.0 Å². The molecule has 0 aliphatic carbocycles. The maximum atomic E-state index is 12.3. The van der Waals surface area contributed by atoms with Crippen LogP contribution in [-0.2, 0) is 6.54 Å². The molecule has 1 aliphatic heterocycles. The van der Waals surface area contributed by atoms with Gasteiger partial charge in [0.05, 0.1) is 6.54 Å². The molecule has 0 spiro atoms. The first-order valence-corrected chi connectivity index (χ1v) is 10.4. The van der Waals surface area contributed by atoms with Crippen LogP contribution >= 0.6 is 24.0 Å². The summed E-state index contributed by atoms with van der Waals surface area (Å²) >= 11 is 0. The Morgan fingerprint density at radius 2 is 1.84 bits per heavy atom. The van der Waals surface area contributed by atoms with Gasteiger partial charge in [0.25, 0.3) is 0 Å². The molecule has 8 heteroatoms. The first-order chi connectivity index (χ1) is 14.6. The number of nitrogens with one attached hydrogen (secondary N) is 3. The van der Waals surface area contributed by atoms with Crippen LogP contribution in [-0.4, -0.2) is 50.2 Å². The average Bonchev–Trinajstić information content (AvgIpc) is 3.30. The van der Waals surface area contributed by atoms with E-state index in [1.54, 1.807) is 7.05 Å². The van der Waals surface area contributed by atoms with Crippen molar-refractivity contribution in [1.29, 1.82) is 0 Å². The number of aryl methyl sites for hydroxylation is 1. The Bertz CT molecular complexity index is 851. The summed E-state index contributed by atoms with van der Waals surface area (Å²) in [5, 5.41) is 9.51. The van der Waals surface area contributed by atoms with Gasteiger partial charge in [0, 0.05) is 32.4 Å². The van der Waals surface area contributed by atoms with Crippen molar-refractivity contribution in [2.45, 2.75) is 26.3 Å². The van der Waals surface area contributed by atoms with Crippen molar-refractivity contribution < 1.29 is 9.53 Å². The number of ether oxygens (including phenoxy) is 1. The molecular weight excluding hydrogens is 505 g/mol. The van der Waals surface area contributed by atoms with Crippen molar-refractivity contribution in [2.75, 3.05) is 38.6 Å². The molecule has 2 amide bonds. The Labute approximate surface area is 201 Å². The summed E-state index contributed by atoms with van der Waals surface area (Å²) in [5.74, 6) is 1.56. The van der Waals surface area contributed by atoms with Crippen LogP contribution < -0.4 is 20.7 Å². The average molecular weight is 537 g/mol. The quantitative estimate of drug-likeness (QED) is 0.216. The fourth-order valence-electron chi connectivity index (χ4n) is 3.26. The number of guanidine groups is 1. The molecule has 1 heterocycles. The lowest BCUT2D eigenvalue weighted by Gasteiger charge is -2.17. The molecule has 2 aromatic rings. The van der Waals surface area contributed by atoms with Crippen LogP contribution in [0.4, 0.5) is 10.5 Å². The van der Waals surface area contributed by atoms with Gasteiger partial charge in [0.2, 0.25) is 0 Å². The van der Waals surface area contributed by atoms with E-state index in [0.717, 1.165) is 42.9 Å². The van der Waals surface area contributed by atoms with Crippen LogP contribution in [0.3, 0.4) is 0 Å². The molecule has 1 fully saturated rings. The zero-order valence-corrected chi connectivity index (χ0v) is 20.5. The van der Waals surface area contributed by atoms with Gasteiger partial charge in [-0.05, 0) is 49.6 Å². The third-order valence-electron chi connectivity index (χ3n) is 4.94. The monoisotopic (exact) mass is 537 g/mol. The van der Waals surface area contributed by atoms with Gasteiger partial charge in [0.1, 0.15) is 12.4 Å². The van der Waals surface area contributed by atoms with Gasteiger partial charge in [0.15, 0.2) is 5.96 Å². The highest BCUT2D eigenvalue weighted by molar-refractivity contribution is 14.0. The van der Waals surface area contributed by atoms with Crippen molar-refractivity contribution in [3.8, 4) is 5.75 Å². The second-order valence-electron chi connectivity index (χ2n) is 7.34. The normalized spacial score (nSPS) is 13.4. The van der Waals surface area contributed by atoms with Crippen molar-refractivity contribution >= 4 is 41.7 Å². The summed E-state index contributed by atoms with van der Waals surface area (Å²) in [5.41, 5.74) is 3.08. The molecule has 0 bridgehead atoms. The van der Waals surface area contributed by atoms with Gasteiger partial charge in [-0.15, -0.1) is 24.0 Å². The van der Waals surface area contributed by atoms with Crippen LogP contribution in [0.15, 0.2) is 53.5 Å². The number of halogens is 1. The first kappa shape index (κ1) is 24.8. The van der Waals surface area contributed by atoms with Crippen molar-refractivity contribution in [3.63, 3.8) is 0 Å². The number of anilines is 1. The first-order valence-electron chi connectivity index (χ1n) is 10.4. The lowest BCUT2D eigenvalue weighted by molar-refractivity contribution is 0.222. The number of amides is 2. The number of benzene rings is 2. The molecule has 1 aliphatic rings. The van der Waals surface area contributed by atoms with Crippen LogP contribution in [0, 0.1) is 6.92 Å². The summed E-state index contributed by atoms with van der Waals surface area (Å²) in [7, 11) is 1.74. The van der Waals surface area contributed by atoms with E-state index in [2.05, 4.69) is 27.9 Å². The molecule has 3 N–H and O–H groups in total. The molecular formula is C23H32IN5O2. The summed E-state index contributed by atoms with van der Waals surface area (Å²) < 4.78 is 5.72. The predicted octanol–water partition coefficient (Wildman–Crippen LogP) is 3.98. The largest absolute Gasteiger partial charge is 0.492 e. The molecule has 31 heavy (non-hydrogen) atoms. The number of urea groups is 1. The van der Waals surface area contributed by atoms with Gasteiger partial charge in [-0.2, -0.15) is 0 Å². The number of hydrogen-bond donors (Lipinski definition) is 3. The third kappa shape index (κ3) is 8.28. The summed E-state index contributed by atoms with van der Waals surface area (Å²) in [6.07, 6.45) is 2.17. The second-order valence-corrected chi connectivity index (χ2v) is 7.34. The van der Waals surface area contributed by atoms with Crippen molar-refractivity contribution in [2.24, 2.45) is 4.99 Å². The lowest BCUT2D eigenvalue weighted by atomic mass is 10.2. The zero-order valence-electron chi connectivity index (χ0n) is 18.2. The number of nitrogens with zero attached hydrogens (tertiary/aromatic N) is 2. The standard InChI is InChI=1S/C23H31N5O2.HI/c1-18-8-10-21(11-9-18)30-15-12-25-22(24-2)26-17-19-6-5-7-20(16-19)27-23(29)28-13-3-4-14-28;/h5-11,16H,3-4,12-15,17H2,1-2H3,(H,27,29)(H2,24,25,26);1H. The summed E-state index contributed by atoms with van der Waals surface area (Å²) in [6, 6.07) is 15.8. The second kappa shape index (κ2) is 13.0. The van der Waals surface area contributed by atoms with E-state index in [-0.39, 0.29) is 30.0 Å². The highest BCUT2D eigenvalue weighted by Gasteiger charge is 2.17. The zero-order chi connectivity index (χ0) is 21.2. The van der Waals surface area contributed by atoms with E-state index in [9.17, 15) is 4.79 Å². The Hall–Kier alpha value is -2.49. The van der Waals surface area contributed by atoms with E-state index in [0.29, 0.717) is 25.7 Å². The van der Waals surface area contributed by atoms with Crippen LogP contribution in [0.2, 0.25) is 0 Å². The molecule has 3 rings (SSSR count). The van der Waals surface area contributed by atoms with Crippen LogP contribution in [0.5, 0.6) is 5.75 Å². The minimum Gasteiger partial charge on any atom is -0.492 e. The van der Waals surface area contributed by atoms with Gasteiger partial charge < -0.3 is 25.6 Å². The van der Waals surface area contributed by atoms with E-state index in [4.69, 9.17) is 4.74 Å². The van der Waals surface area contributed by atoms with Gasteiger partial charge in [-0.1, -0.05) is 29.8 Å². The van der Waals surface area contributed by atoms with Gasteiger partial charge >= 0.3 is 6.03 Å². The fraction of sp³-hybridized carbons (Fsp3) is 0.391. The van der Waals surface area contributed by atoms with Gasteiger partial charge in [-0.25, -0.2) is 4.79 Å².